The molecule has 1 amide bonds. The second-order valence-corrected chi connectivity index (χ2v) is 5.68. The van der Waals surface area contributed by atoms with E-state index in [0.29, 0.717) is 5.92 Å². The zero-order valence-electron chi connectivity index (χ0n) is 12.6. The molecule has 0 atom stereocenters. The number of phenolic OH excluding ortho intramolecular Hbond substituents is 2. The van der Waals surface area contributed by atoms with Crippen molar-refractivity contribution in [1.82, 2.24) is 0 Å². The van der Waals surface area contributed by atoms with E-state index in [-0.39, 0.29) is 29.4 Å². The summed E-state index contributed by atoms with van der Waals surface area (Å²) in [6.45, 7) is 0.251. The van der Waals surface area contributed by atoms with Crippen LogP contribution in [0, 0.1) is 17.6 Å². The molecule has 0 aromatic heterocycles. The number of phenols is 2. The summed E-state index contributed by atoms with van der Waals surface area (Å²) in [5.74, 6) is -3.43. The number of benzene rings is 2. The zero-order chi connectivity index (χ0) is 17.3. The SMILES string of the molecule is O=C(Nc1ccc(O)cc1O)c1cc(F)c(OCC2CC2)c(F)c1. The van der Waals surface area contributed by atoms with Crippen LogP contribution in [0.15, 0.2) is 30.3 Å². The first-order chi connectivity index (χ1) is 11.4. The molecule has 3 rings (SSSR count). The number of aromatic hydroxyl groups is 2. The number of carbonyl (C=O) groups is 1. The fourth-order valence-electron chi connectivity index (χ4n) is 2.13. The van der Waals surface area contributed by atoms with Crippen molar-refractivity contribution in [2.75, 3.05) is 11.9 Å². The topological polar surface area (TPSA) is 78.8 Å². The number of amides is 1. The summed E-state index contributed by atoms with van der Waals surface area (Å²) < 4.78 is 33.1. The van der Waals surface area contributed by atoms with Crippen molar-refractivity contribution in [3.8, 4) is 17.2 Å². The molecule has 1 saturated carbocycles. The molecular weight excluding hydrogens is 320 g/mol. The van der Waals surface area contributed by atoms with Crippen molar-refractivity contribution in [2.24, 2.45) is 5.92 Å². The van der Waals surface area contributed by atoms with Gasteiger partial charge in [0.2, 0.25) is 0 Å². The Hall–Kier alpha value is -2.83. The Balaban J connectivity index is 1.76. The number of halogens is 2. The summed E-state index contributed by atoms with van der Waals surface area (Å²) in [4.78, 5) is 12.1. The molecule has 0 unspecified atom stereocenters. The quantitative estimate of drug-likeness (QED) is 0.578. The predicted octanol–water partition coefficient (Wildman–Crippen LogP) is 3.42. The smallest absolute Gasteiger partial charge is 0.255 e. The number of hydrogen-bond acceptors (Lipinski definition) is 4. The first-order valence-electron chi connectivity index (χ1n) is 7.39. The molecule has 0 aliphatic heterocycles. The molecule has 1 fully saturated rings. The highest BCUT2D eigenvalue weighted by Crippen LogP contribution is 2.32. The van der Waals surface area contributed by atoms with Crippen LogP contribution in [0.5, 0.6) is 17.2 Å². The second kappa shape index (κ2) is 6.35. The lowest BCUT2D eigenvalue weighted by Gasteiger charge is -2.11. The second-order valence-electron chi connectivity index (χ2n) is 5.68. The molecule has 24 heavy (non-hydrogen) atoms. The van der Waals surface area contributed by atoms with Gasteiger partial charge in [-0.2, -0.15) is 0 Å². The number of nitrogens with one attached hydrogen (secondary N) is 1. The standard InChI is InChI=1S/C17H15F2NO4/c18-12-5-10(6-13(19)16(12)24-8-9-1-2-9)17(23)20-14-4-3-11(21)7-15(14)22/h3-7,9,21-22H,1-2,8H2,(H,20,23). The van der Waals surface area contributed by atoms with E-state index >= 15 is 0 Å². The van der Waals surface area contributed by atoms with Crippen molar-refractivity contribution in [3.63, 3.8) is 0 Å². The highest BCUT2D eigenvalue weighted by molar-refractivity contribution is 6.05. The Morgan fingerprint density at radius 2 is 1.83 bits per heavy atom. The Labute approximate surface area is 136 Å². The van der Waals surface area contributed by atoms with Gasteiger partial charge < -0.3 is 20.3 Å². The van der Waals surface area contributed by atoms with Gasteiger partial charge in [0.05, 0.1) is 12.3 Å². The first-order valence-corrected chi connectivity index (χ1v) is 7.39. The minimum Gasteiger partial charge on any atom is -0.508 e. The monoisotopic (exact) mass is 335 g/mol. The van der Waals surface area contributed by atoms with Crippen molar-refractivity contribution in [2.45, 2.75) is 12.8 Å². The molecule has 0 saturated heterocycles. The molecule has 1 aliphatic rings. The lowest BCUT2D eigenvalue weighted by Crippen LogP contribution is -2.13. The van der Waals surface area contributed by atoms with Crippen LogP contribution in [0.1, 0.15) is 23.2 Å². The van der Waals surface area contributed by atoms with E-state index in [1.807, 2.05) is 0 Å². The number of hydrogen-bond donors (Lipinski definition) is 3. The Morgan fingerprint density at radius 1 is 1.17 bits per heavy atom. The van der Waals surface area contributed by atoms with E-state index in [4.69, 9.17) is 4.74 Å². The van der Waals surface area contributed by atoms with E-state index in [1.165, 1.54) is 12.1 Å². The maximum atomic E-state index is 14.0. The van der Waals surface area contributed by atoms with Gasteiger partial charge in [-0.1, -0.05) is 0 Å². The zero-order valence-corrected chi connectivity index (χ0v) is 12.6. The van der Waals surface area contributed by atoms with Gasteiger partial charge in [-0.05, 0) is 43.0 Å². The fourth-order valence-corrected chi connectivity index (χ4v) is 2.13. The van der Waals surface area contributed by atoms with Crippen LogP contribution >= 0.6 is 0 Å². The van der Waals surface area contributed by atoms with Crippen LogP contribution in [0.3, 0.4) is 0 Å². The van der Waals surface area contributed by atoms with Crippen LogP contribution in [-0.2, 0) is 0 Å². The molecule has 0 bridgehead atoms. The van der Waals surface area contributed by atoms with Crippen molar-refractivity contribution in [1.29, 1.82) is 0 Å². The fraction of sp³-hybridized carbons (Fsp3) is 0.235. The average molecular weight is 335 g/mol. The molecule has 7 heteroatoms. The van der Waals surface area contributed by atoms with Gasteiger partial charge in [0.15, 0.2) is 17.4 Å². The Morgan fingerprint density at radius 3 is 2.42 bits per heavy atom. The highest BCUT2D eigenvalue weighted by Gasteiger charge is 2.24. The van der Waals surface area contributed by atoms with Crippen molar-refractivity contribution >= 4 is 11.6 Å². The molecule has 1 aliphatic carbocycles. The third-order valence-electron chi connectivity index (χ3n) is 3.65. The van der Waals surface area contributed by atoms with Gasteiger partial charge in [0, 0.05) is 11.6 Å². The maximum Gasteiger partial charge on any atom is 0.255 e. The summed E-state index contributed by atoms with van der Waals surface area (Å²) in [5, 5.41) is 21.1. The van der Waals surface area contributed by atoms with Gasteiger partial charge in [-0.25, -0.2) is 8.78 Å². The Bertz CT molecular complexity index is 767. The Kier molecular flexibility index (Phi) is 4.24. The molecule has 2 aromatic carbocycles. The van der Waals surface area contributed by atoms with E-state index in [2.05, 4.69) is 5.32 Å². The maximum absolute atomic E-state index is 14.0. The van der Waals surface area contributed by atoms with Crippen LogP contribution in [-0.4, -0.2) is 22.7 Å². The molecule has 0 heterocycles. The summed E-state index contributed by atoms with van der Waals surface area (Å²) in [5.41, 5.74) is -0.246. The lowest BCUT2D eigenvalue weighted by atomic mass is 10.1. The summed E-state index contributed by atoms with van der Waals surface area (Å²) in [6, 6.07) is 5.30. The van der Waals surface area contributed by atoms with E-state index in [0.717, 1.165) is 31.0 Å². The molecular formula is C17H15F2NO4. The number of rotatable bonds is 5. The molecule has 0 spiro atoms. The minimum atomic E-state index is -0.962. The normalized spacial score (nSPS) is 13.6. The number of anilines is 1. The minimum absolute atomic E-state index is 0.00711. The van der Waals surface area contributed by atoms with Gasteiger partial charge in [-0.15, -0.1) is 0 Å². The highest BCUT2D eigenvalue weighted by atomic mass is 19.1. The lowest BCUT2D eigenvalue weighted by molar-refractivity contribution is 0.102. The van der Waals surface area contributed by atoms with E-state index < -0.39 is 23.3 Å². The van der Waals surface area contributed by atoms with Crippen LogP contribution in [0.2, 0.25) is 0 Å². The molecule has 2 aromatic rings. The molecule has 126 valence electrons. The third-order valence-corrected chi connectivity index (χ3v) is 3.65. The van der Waals surface area contributed by atoms with Crippen LogP contribution in [0.4, 0.5) is 14.5 Å². The predicted molar refractivity (Wildman–Crippen MR) is 82.3 cm³/mol. The van der Waals surface area contributed by atoms with E-state index in [9.17, 15) is 23.8 Å². The molecule has 5 nitrogen and oxygen atoms in total. The number of ether oxygens (including phenoxy) is 1. The third kappa shape index (κ3) is 3.56. The number of carbonyl (C=O) groups excluding carboxylic acids is 1. The van der Waals surface area contributed by atoms with E-state index in [1.54, 1.807) is 0 Å². The largest absolute Gasteiger partial charge is 0.508 e. The average Bonchev–Trinajstić information content (AvgIpc) is 3.33. The van der Waals surface area contributed by atoms with Gasteiger partial charge in [-0.3, -0.25) is 4.79 Å². The van der Waals surface area contributed by atoms with Crippen LogP contribution in [0.25, 0.3) is 0 Å². The van der Waals surface area contributed by atoms with Crippen molar-refractivity contribution in [3.05, 3.63) is 47.5 Å². The summed E-state index contributed by atoms with van der Waals surface area (Å²) >= 11 is 0. The first kappa shape index (κ1) is 16.0. The van der Waals surface area contributed by atoms with Gasteiger partial charge in [0.25, 0.3) is 5.91 Å². The molecule has 3 N–H and O–H groups in total. The van der Waals surface area contributed by atoms with Crippen LogP contribution < -0.4 is 10.1 Å². The molecule has 0 radical (unpaired) electrons. The summed E-state index contributed by atoms with van der Waals surface area (Å²) in [7, 11) is 0. The summed E-state index contributed by atoms with van der Waals surface area (Å²) in [6.07, 6.45) is 1.97. The van der Waals surface area contributed by atoms with Gasteiger partial charge in [0.1, 0.15) is 11.5 Å². The van der Waals surface area contributed by atoms with Crippen molar-refractivity contribution < 1.29 is 28.5 Å². The van der Waals surface area contributed by atoms with Gasteiger partial charge >= 0.3 is 0 Å².